The average molecular weight is 990 g/mol. The summed E-state index contributed by atoms with van der Waals surface area (Å²) in [7, 11) is 3.41. The number of likely N-dealkylation sites (tertiary alicyclic amines) is 1. The normalized spacial score (nSPS) is 26.7. The number of hydrazine groups is 1. The molecule has 1 unspecified atom stereocenters. The Morgan fingerprint density at radius 1 is 1.06 bits per heavy atom. The summed E-state index contributed by atoms with van der Waals surface area (Å²) >= 11 is 1.44. The molecule has 8 atom stereocenters. The lowest BCUT2D eigenvalue weighted by molar-refractivity contribution is -0.155. The van der Waals surface area contributed by atoms with Crippen LogP contribution in [-0.2, 0) is 52.8 Å². The van der Waals surface area contributed by atoms with E-state index in [0.717, 1.165) is 83.2 Å². The molecule has 4 amide bonds. The Labute approximate surface area is 420 Å². The van der Waals surface area contributed by atoms with Gasteiger partial charge >= 0.3 is 5.97 Å². The van der Waals surface area contributed by atoms with Crippen LogP contribution in [0.15, 0.2) is 41.9 Å². The van der Waals surface area contributed by atoms with Crippen LogP contribution in [0.3, 0.4) is 0 Å². The molecule has 380 valence electrons. The number of thiazole rings is 1. The fourth-order valence-electron chi connectivity index (χ4n) is 12.2. The van der Waals surface area contributed by atoms with E-state index in [-0.39, 0.29) is 66.8 Å². The number of aromatic nitrogens is 3. The zero-order valence-corrected chi connectivity index (χ0v) is 43.2. The molecule has 1 aromatic carbocycles. The van der Waals surface area contributed by atoms with Gasteiger partial charge in [0, 0.05) is 91.3 Å². The molecule has 3 aromatic heterocycles. The molecule has 2 saturated carbocycles. The highest BCUT2D eigenvalue weighted by atomic mass is 32.1. The number of nitrogens with zero attached hydrogens (tertiary/aromatic N) is 6. The molecule has 3 N–H and O–H groups in total. The minimum absolute atomic E-state index is 0.0698. The molecule has 16 nitrogen and oxygen atoms in total. The molecule has 2 aliphatic carbocycles. The van der Waals surface area contributed by atoms with E-state index in [9.17, 15) is 19.2 Å². The number of amides is 4. The van der Waals surface area contributed by atoms with Crippen LogP contribution in [0.4, 0.5) is 0 Å². The lowest BCUT2D eigenvalue weighted by Crippen LogP contribution is -2.62. The first kappa shape index (κ1) is 49.4. The Balaban J connectivity index is 0.972. The molecule has 4 aromatic rings. The number of hydrogen-bond donors (Lipinski definition) is 3. The number of fused-ring (bicyclic) bond motifs is 6. The van der Waals surface area contributed by atoms with E-state index < -0.39 is 35.4 Å². The van der Waals surface area contributed by atoms with Crippen molar-refractivity contribution in [3.8, 4) is 22.5 Å². The molecule has 3 saturated heterocycles. The molecule has 0 spiro atoms. The molecule has 6 aliphatic rings. The highest BCUT2D eigenvalue weighted by Gasteiger charge is 2.54. The van der Waals surface area contributed by atoms with Crippen molar-refractivity contribution in [2.45, 2.75) is 154 Å². The minimum atomic E-state index is -1.06. The second-order valence-corrected chi connectivity index (χ2v) is 22.8. The fourth-order valence-corrected chi connectivity index (χ4v) is 13.0. The minimum Gasteiger partial charge on any atom is -0.464 e. The first-order valence-electron chi connectivity index (χ1n) is 26.1. The fraction of sp³-hybridized carbons (Fsp3) is 0.611. The Morgan fingerprint density at radius 2 is 1.85 bits per heavy atom. The van der Waals surface area contributed by atoms with Crippen LogP contribution in [0.1, 0.15) is 115 Å². The van der Waals surface area contributed by atoms with Gasteiger partial charge in [0.2, 0.25) is 17.7 Å². The van der Waals surface area contributed by atoms with Gasteiger partial charge in [-0.2, -0.15) is 0 Å². The van der Waals surface area contributed by atoms with E-state index in [0.29, 0.717) is 56.2 Å². The average Bonchev–Trinajstić information content (AvgIpc) is 4.17. The number of esters is 1. The van der Waals surface area contributed by atoms with E-state index in [1.807, 2.05) is 30.2 Å². The number of hydrogen-bond acceptors (Lipinski definition) is 12. The van der Waals surface area contributed by atoms with E-state index in [1.165, 1.54) is 16.3 Å². The van der Waals surface area contributed by atoms with Crippen molar-refractivity contribution in [2.75, 3.05) is 33.9 Å². The first-order chi connectivity index (χ1) is 34.2. The standard InChI is InChI=1S/C54H71N9O7S/c1-8-61-42-20-19-34-25-37(42)38(48(61)36-15-11-22-55-44(36)31(3)69-7)27-54(4,5)29-70-53(68)39-16-12-23-63(59-39)51(66)40(26-43-56-41(34)28-71-43)57-49(64)47(33-13-9-10-14-33)60(6)50(65)35-21-24-62(30(35)2)52(67)46-45(58-46)32-17-18-32/h11,15,19-20,22,25,28,30-33,35,39-40,45-47,58-59H,8-10,12-14,16-18,21,23-24,26-27,29H2,1-7H3,(H,57,64)/t30-,31-,35+,39-,40-,45+,46+,47?/m0/s1. The van der Waals surface area contributed by atoms with E-state index in [4.69, 9.17) is 19.4 Å². The van der Waals surface area contributed by atoms with Crippen LogP contribution < -0.4 is 16.1 Å². The molecular weight excluding hydrogens is 919 g/mol. The van der Waals surface area contributed by atoms with E-state index >= 15 is 4.79 Å². The smallest absolute Gasteiger partial charge is 0.324 e. The molecule has 17 heteroatoms. The first-order valence-corrected chi connectivity index (χ1v) is 27.0. The van der Waals surface area contributed by atoms with Crippen LogP contribution in [-0.4, -0.2) is 129 Å². The zero-order valence-electron chi connectivity index (χ0n) is 42.4. The molecule has 7 heterocycles. The molecular formula is C54H71N9O7S. The van der Waals surface area contributed by atoms with Gasteiger partial charge in [0.15, 0.2) is 0 Å². The molecule has 6 bridgehead atoms. The number of carbonyl (C=O) groups excluding carboxylic acids is 5. The summed E-state index contributed by atoms with van der Waals surface area (Å²) in [5.74, 6) is -1.27. The van der Waals surface area contributed by atoms with Gasteiger partial charge in [-0.05, 0) is 114 Å². The van der Waals surface area contributed by atoms with Crippen molar-refractivity contribution < 1.29 is 33.4 Å². The van der Waals surface area contributed by atoms with Crippen LogP contribution in [0, 0.1) is 23.2 Å². The Kier molecular flexibility index (Phi) is 13.9. The number of nitrogens with one attached hydrogen (secondary N) is 3. The SMILES string of the molecule is CCn1c(-c2cccnc2[C@H](C)OC)c2c3cc(ccc31)-c1csc(n1)C[C@H](NC(=O)C(C1CCCC1)N(C)C(=O)[C@@H]1CCN(C(=O)[C@@H]3N[C@@H]3C3CC3)[C@H]1C)C(=O)N1CCC[C@H](N1)C(=O)OCC(C)(C)C2. The lowest BCUT2D eigenvalue weighted by atomic mass is 9.84. The van der Waals surface area contributed by atoms with Crippen molar-refractivity contribution in [1.82, 2.24) is 45.4 Å². The van der Waals surface area contributed by atoms with Crippen molar-refractivity contribution >= 4 is 51.8 Å². The predicted octanol–water partition coefficient (Wildman–Crippen LogP) is 6.21. The van der Waals surface area contributed by atoms with Crippen molar-refractivity contribution in [3.63, 3.8) is 0 Å². The Morgan fingerprint density at radius 3 is 2.59 bits per heavy atom. The largest absolute Gasteiger partial charge is 0.464 e. The number of methoxy groups -OCH3 is 1. The molecule has 5 fully saturated rings. The summed E-state index contributed by atoms with van der Waals surface area (Å²) in [5, 5.41) is 11.7. The number of carbonyl (C=O) groups is 5. The Hall–Kier alpha value is -5.23. The number of aryl methyl sites for hydroxylation is 1. The van der Waals surface area contributed by atoms with Gasteiger partial charge in [-0.25, -0.2) is 10.4 Å². The molecule has 10 rings (SSSR count). The second-order valence-electron chi connectivity index (χ2n) is 21.9. The van der Waals surface area contributed by atoms with Gasteiger partial charge < -0.3 is 29.2 Å². The summed E-state index contributed by atoms with van der Waals surface area (Å²) in [6.45, 7) is 12.0. The van der Waals surface area contributed by atoms with Crippen molar-refractivity contribution in [3.05, 3.63) is 58.2 Å². The maximum absolute atomic E-state index is 15.0. The quantitative estimate of drug-likeness (QED) is 0.115. The van der Waals surface area contributed by atoms with Crippen molar-refractivity contribution in [1.29, 1.82) is 0 Å². The van der Waals surface area contributed by atoms with Crippen LogP contribution in [0.5, 0.6) is 0 Å². The van der Waals surface area contributed by atoms with Gasteiger partial charge in [0.25, 0.3) is 5.91 Å². The third-order valence-electron chi connectivity index (χ3n) is 16.4. The molecule has 0 radical (unpaired) electrons. The number of ether oxygens (including phenoxy) is 2. The van der Waals surface area contributed by atoms with E-state index in [2.05, 4.69) is 65.7 Å². The zero-order chi connectivity index (χ0) is 49.9. The summed E-state index contributed by atoms with van der Waals surface area (Å²) in [5.41, 5.74) is 9.40. The summed E-state index contributed by atoms with van der Waals surface area (Å²) in [4.78, 5) is 85.5. The maximum atomic E-state index is 15.0. The number of likely N-dealkylation sites (N-methyl/N-ethyl adjacent to an activating group) is 1. The van der Waals surface area contributed by atoms with Gasteiger partial charge in [-0.1, -0.05) is 32.8 Å². The van der Waals surface area contributed by atoms with Crippen LogP contribution in [0.25, 0.3) is 33.4 Å². The third kappa shape index (κ3) is 9.75. The number of rotatable bonds is 11. The number of cyclic esters (lactones) is 1. The highest BCUT2D eigenvalue weighted by Crippen LogP contribution is 2.43. The highest BCUT2D eigenvalue weighted by molar-refractivity contribution is 7.10. The van der Waals surface area contributed by atoms with Crippen LogP contribution >= 0.6 is 11.3 Å². The number of pyridine rings is 1. The monoisotopic (exact) mass is 990 g/mol. The van der Waals surface area contributed by atoms with E-state index in [1.54, 1.807) is 25.3 Å². The van der Waals surface area contributed by atoms with Gasteiger partial charge in [0.05, 0.1) is 40.7 Å². The molecule has 71 heavy (non-hydrogen) atoms. The van der Waals surface area contributed by atoms with Gasteiger partial charge in [-0.3, -0.25) is 39.3 Å². The Bertz CT molecular complexity index is 2690. The van der Waals surface area contributed by atoms with Gasteiger partial charge in [-0.15, -0.1) is 11.3 Å². The maximum Gasteiger partial charge on any atom is 0.324 e. The molecule has 4 aliphatic heterocycles. The summed E-state index contributed by atoms with van der Waals surface area (Å²) in [6, 6.07) is 7.62. The summed E-state index contributed by atoms with van der Waals surface area (Å²) in [6.07, 6.45) is 9.56. The summed E-state index contributed by atoms with van der Waals surface area (Å²) < 4.78 is 14.3. The third-order valence-corrected chi connectivity index (χ3v) is 17.3. The lowest BCUT2D eigenvalue weighted by Gasteiger charge is -2.37. The van der Waals surface area contributed by atoms with Crippen molar-refractivity contribution in [2.24, 2.45) is 23.2 Å². The van der Waals surface area contributed by atoms with Crippen LogP contribution in [0.2, 0.25) is 0 Å². The van der Waals surface area contributed by atoms with Gasteiger partial charge in [0.1, 0.15) is 24.2 Å². The second kappa shape index (κ2) is 20.0. The number of benzene rings is 1. The topological polar surface area (TPSA) is 190 Å². The predicted molar refractivity (Wildman–Crippen MR) is 271 cm³/mol.